The van der Waals surface area contributed by atoms with Crippen LogP contribution in [0.2, 0.25) is 0 Å². The lowest BCUT2D eigenvalue weighted by Crippen LogP contribution is -1.95. The predicted octanol–water partition coefficient (Wildman–Crippen LogP) is 8.09. The highest BCUT2D eigenvalue weighted by molar-refractivity contribution is 6.19. The first-order valence-corrected chi connectivity index (χ1v) is 12.7. The zero-order valence-electron chi connectivity index (χ0n) is 23.1. The highest BCUT2D eigenvalue weighted by atomic mass is 14.8. The van der Waals surface area contributed by atoms with Crippen LogP contribution in [0.3, 0.4) is 0 Å². The number of rotatable bonds is 2. The second-order valence-electron chi connectivity index (χ2n) is 9.52. The molecule has 0 bridgehead atoms. The minimum absolute atomic E-state index is 0.0592. The van der Waals surface area contributed by atoms with Gasteiger partial charge in [0.05, 0.1) is 85.0 Å². The average Bonchev–Trinajstić information content (AvgIpc) is 3.57. The third-order valence-corrected chi connectivity index (χ3v) is 7.25. The van der Waals surface area contributed by atoms with Crippen molar-refractivity contribution in [2.45, 2.75) is 0 Å². The normalized spacial score (nSPS) is 14.2. The first kappa shape index (κ1) is 29.0. The molecule has 10 nitrogen and oxygen atoms in total. The highest BCUT2D eigenvalue weighted by Gasteiger charge is 2.37. The molecule has 10 heteroatoms. The molecule has 0 radical (unpaired) electrons. The minimum Gasteiger partial charge on any atom is -0.249 e. The Morgan fingerprint density at radius 2 is 1.07 bits per heavy atom. The van der Waals surface area contributed by atoms with Crippen molar-refractivity contribution in [3.05, 3.63) is 161 Å². The number of benzene rings is 3. The fraction of sp³-hybridized carbons (Fsp3) is 0. The molecule has 3 aromatic carbocycles. The van der Waals surface area contributed by atoms with Crippen molar-refractivity contribution in [3.8, 4) is 30.3 Å². The lowest BCUT2D eigenvalue weighted by Gasteiger charge is -2.13. The third kappa shape index (κ3) is 4.27. The Morgan fingerprint density at radius 1 is 0.500 bits per heavy atom. The van der Waals surface area contributed by atoms with E-state index in [9.17, 15) is 26.3 Å². The van der Waals surface area contributed by atoms with Gasteiger partial charge >= 0.3 is 0 Å². The smallest absolute Gasteiger partial charge is 0.204 e. The van der Waals surface area contributed by atoms with Gasteiger partial charge in [-0.05, 0) is 57.7 Å². The van der Waals surface area contributed by atoms with E-state index in [0.29, 0.717) is 0 Å². The van der Waals surface area contributed by atoms with E-state index in [4.69, 9.17) is 32.9 Å². The number of nitrogens with zero attached hydrogens (tertiary/aromatic N) is 10. The number of nitriles is 5. The molecule has 0 aromatic heterocycles. The summed E-state index contributed by atoms with van der Waals surface area (Å²) in [4.78, 5) is 17.6. The standard InChI is InChI=1S/C36H8N10/c1-42-23-9-21(10-24(11-23)43-2)29(16-39)32-27-12-25-26(13-28(27)35(45-4)36(32)46-5)33(31(18-41)30(25)17-40)34(44-3)22-7-19(14-37)6-20(8-22)15-38/h6-13H/b32-29-,34-33+. The molecule has 0 heterocycles. The van der Waals surface area contributed by atoms with Gasteiger partial charge in [0, 0.05) is 11.1 Å². The average molecular weight is 581 g/mol. The van der Waals surface area contributed by atoms with E-state index in [0.717, 1.165) is 0 Å². The summed E-state index contributed by atoms with van der Waals surface area (Å²) in [6.45, 7) is 38.7. The van der Waals surface area contributed by atoms with Crippen molar-refractivity contribution in [1.29, 1.82) is 26.3 Å². The van der Waals surface area contributed by atoms with Crippen LogP contribution >= 0.6 is 0 Å². The molecule has 5 rings (SSSR count). The summed E-state index contributed by atoms with van der Waals surface area (Å²) in [5.41, 5.74) is 1.16. The number of hydrogen-bond acceptors (Lipinski definition) is 5. The van der Waals surface area contributed by atoms with Gasteiger partial charge in [0.2, 0.25) is 17.1 Å². The summed E-state index contributed by atoms with van der Waals surface area (Å²) in [5.74, 6) is 0. The zero-order chi connectivity index (χ0) is 33.1. The van der Waals surface area contributed by atoms with E-state index < -0.39 is 0 Å². The summed E-state index contributed by atoms with van der Waals surface area (Å²) in [6, 6.07) is 21.3. The fourth-order valence-corrected chi connectivity index (χ4v) is 5.42. The summed E-state index contributed by atoms with van der Waals surface area (Å²) in [7, 11) is 0. The Morgan fingerprint density at radius 3 is 1.54 bits per heavy atom. The van der Waals surface area contributed by atoms with E-state index in [1.54, 1.807) is 0 Å². The molecule has 2 aliphatic carbocycles. The summed E-state index contributed by atoms with van der Waals surface area (Å²) < 4.78 is 0. The van der Waals surface area contributed by atoms with Gasteiger partial charge in [0.25, 0.3) is 0 Å². The molecule has 0 amide bonds. The Hall–Kier alpha value is -8.48. The van der Waals surface area contributed by atoms with Crippen molar-refractivity contribution in [2.75, 3.05) is 0 Å². The monoisotopic (exact) mass is 580 g/mol. The lowest BCUT2D eigenvalue weighted by molar-refractivity contribution is 1.43. The lowest BCUT2D eigenvalue weighted by atomic mass is 9.90. The molecule has 0 atom stereocenters. The van der Waals surface area contributed by atoms with Gasteiger partial charge in [0.1, 0.15) is 6.07 Å². The van der Waals surface area contributed by atoms with Crippen molar-refractivity contribution in [1.82, 2.24) is 0 Å². The quantitative estimate of drug-likeness (QED) is 0.222. The van der Waals surface area contributed by atoms with Crippen LogP contribution in [0.5, 0.6) is 0 Å². The minimum atomic E-state index is -0.151. The van der Waals surface area contributed by atoms with Gasteiger partial charge in [-0.3, -0.25) is 0 Å². The van der Waals surface area contributed by atoms with Crippen LogP contribution in [-0.2, 0) is 0 Å². The molecule has 0 saturated carbocycles. The molecular weight excluding hydrogens is 572 g/mol. The summed E-state index contributed by atoms with van der Waals surface area (Å²) >= 11 is 0. The molecule has 0 spiro atoms. The summed E-state index contributed by atoms with van der Waals surface area (Å²) in [5, 5.41) is 49.8. The Labute approximate surface area is 262 Å². The van der Waals surface area contributed by atoms with Crippen LogP contribution in [0.15, 0.2) is 59.8 Å². The van der Waals surface area contributed by atoms with Gasteiger partial charge < -0.3 is 0 Å². The number of hydrogen-bond donors (Lipinski definition) is 0. The zero-order valence-corrected chi connectivity index (χ0v) is 23.1. The van der Waals surface area contributed by atoms with Gasteiger partial charge in [-0.15, -0.1) is 0 Å². The molecule has 0 saturated heterocycles. The number of allylic oxidation sites excluding steroid dienone is 5. The van der Waals surface area contributed by atoms with Gasteiger partial charge in [-0.25, -0.2) is 24.2 Å². The molecule has 46 heavy (non-hydrogen) atoms. The van der Waals surface area contributed by atoms with Gasteiger partial charge in [0.15, 0.2) is 11.4 Å². The maximum atomic E-state index is 10.3. The van der Waals surface area contributed by atoms with E-state index >= 15 is 0 Å². The van der Waals surface area contributed by atoms with Crippen LogP contribution in [0.1, 0.15) is 44.5 Å². The maximum absolute atomic E-state index is 10.3. The van der Waals surface area contributed by atoms with E-state index in [1.807, 2.05) is 24.3 Å². The Kier molecular flexibility index (Phi) is 7.21. The second kappa shape index (κ2) is 11.4. The Bertz CT molecular complexity index is 2330. The SMILES string of the molecule is [C-]#[N+]C1=C([N+]#[C-])c2cc3c(cc2/C1=C(\C#N)c1cc([N+]#[C-])cc([N+]#[C-])c1)C(C#N)=C(C#N)/C3=C(/[N+]#[C-])c1cc(C#N)cc(C#N)c1. The molecule has 2 aliphatic rings. The molecule has 0 aliphatic heterocycles. The van der Waals surface area contributed by atoms with Crippen molar-refractivity contribution >= 4 is 45.1 Å². The molecule has 0 N–H and O–H groups in total. The molecule has 3 aromatic rings. The molecule has 202 valence electrons. The van der Waals surface area contributed by atoms with Crippen LogP contribution in [-0.4, -0.2) is 0 Å². The first-order chi connectivity index (χ1) is 22.4. The predicted molar refractivity (Wildman–Crippen MR) is 165 cm³/mol. The van der Waals surface area contributed by atoms with E-state index in [2.05, 4.69) is 30.3 Å². The number of fused-ring (bicyclic) bond motifs is 2. The van der Waals surface area contributed by atoms with Crippen LogP contribution in [0.25, 0.3) is 57.9 Å². The van der Waals surface area contributed by atoms with Gasteiger partial charge in [-0.1, -0.05) is 24.3 Å². The molecule has 0 fully saturated rings. The van der Waals surface area contributed by atoms with Crippen molar-refractivity contribution in [2.24, 2.45) is 0 Å². The second-order valence-corrected chi connectivity index (χ2v) is 9.52. The van der Waals surface area contributed by atoms with E-state index in [1.165, 1.54) is 48.5 Å². The highest BCUT2D eigenvalue weighted by Crippen LogP contribution is 2.52. The van der Waals surface area contributed by atoms with Crippen LogP contribution < -0.4 is 0 Å². The molecular formula is C36H8N10. The Balaban J connectivity index is 1.94. The van der Waals surface area contributed by atoms with Crippen LogP contribution in [0, 0.1) is 89.5 Å². The van der Waals surface area contributed by atoms with Crippen molar-refractivity contribution < 1.29 is 0 Å². The topological polar surface area (TPSA) is 141 Å². The largest absolute Gasteiger partial charge is 0.249 e. The molecule has 0 unspecified atom stereocenters. The fourth-order valence-electron chi connectivity index (χ4n) is 5.42. The van der Waals surface area contributed by atoms with Crippen LogP contribution in [0.4, 0.5) is 11.4 Å². The summed E-state index contributed by atoms with van der Waals surface area (Å²) in [6.07, 6.45) is 0. The maximum Gasteiger partial charge on any atom is 0.204 e. The van der Waals surface area contributed by atoms with Crippen molar-refractivity contribution in [3.63, 3.8) is 0 Å². The van der Waals surface area contributed by atoms with Gasteiger partial charge in [-0.2, -0.15) is 26.3 Å². The third-order valence-electron chi connectivity index (χ3n) is 7.25. The first-order valence-electron chi connectivity index (χ1n) is 12.7. The van der Waals surface area contributed by atoms with E-state index in [-0.39, 0.29) is 101 Å².